The van der Waals surface area contributed by atoms with Crippen LogP contribution < -0.4 is 0 Å². The number of benzene rings is 3. The van der Waals surface area contributed by atoms with Crippen LogP contribution in [0.25, 0.3) is 32.9 Å². The molecule has 1 aromatic heterocycles. The maximum atomic E-state index is 11.9. The Bertz CT molecular complexity index is 1390. The van der Waals surface area contributed by atoms with Crippen LogP contribution in [0.1, 0.15) is 53.9 Å². The highest BCUT2D eigenvalue weighted by atomic mass is 16.4. The third kappa shape index (κ3) is 3.98. The first-order valence-electron chi connectivity index (χ1n) is 12.2. The molecule has 4 aromatic rings. The lowest BCUT2D eigenvalue weighted by Crippen LogP contribution is -2.16. The molecule has 0 saturated heterocycles. The molecular formula is C30H32N2O2. The molecule has 1 fully saturated rings. The van der Waals surface area contributed by atoms with Gasteiger partial charge in [0, 0.05) is 25.2 Å². The van der Waals surface area contributed by atoms with Gasteiger partial charge in [0.2, 0.25) is 0 Å². The van der Waals surface area contributed by atoms with Crippen LogP contribution in [-0.4, -0.2) is 34.6 Å². The number of fused-ring (bicyclic) bond motifs is 2. The predicted molar refractivity (Wildman–Crippen MR) is 140 cm³/mol. The predicted octanol–water partition coefficient (Wildman–Crippen LogP) is 7.28. The minimum absolute atomic E-state index is 0.321. The van der Waals surface area contributed by atoms with Crippen LogP contribution in [-0.2, 0) is 6.54 Å². The van der Waals surface area contributed by atoms with Crippen LogP contribution in [0.15, 0.2) is 72.9 Å². The number of aromatic carboxylic acids is 1. The van der Waals surface area contributed by atoms with Crippen molar-refractivity contribution < 1.29 is 9.90 Å². The number of hydrogen-bond donors (Lipinski definition) is 1. The number of likely N-dealkylation sites (N-methyl/N-ethyl adjacent to an activating group) is 1. The third-order valence-corrected chi connectivity index (χ3v) is 7.36. The Balaban J connectivity index is 1.83. The summed E-state index contributed by atoms with van der Waals surface area (Å²) < 4.78 is 2.30. The van der Waals surface area contributed by atoms with E-state index in [0.717, 1.165) is 11.2 Å². The highest BCUT2D eigenvalue weighted by molar-refractivity contribution is 5.99. The number of rotatable bonds is 6. The number of nitrogens with zero attached hydrogens (tertiary/aromatic N) is 2. The summed E-state index contributed by atoms with van der Waals surface area (Å²) in [5.74, 6) is -0.421. The van der Waals surface area contributed by atoms with Gasteiger partial charge in [-0.05, 0) is 58.9 Å². The van der Waals surface area contributed by atoms with Gasteiger partial charge in [-0.1, -0.05) is 68.3 Å². The molecule has 0 amide bonds. The van der Waals surface area contributed by atoms with Crippen LogP contribution in [0.3, 0.4) is 0 Å². The molecule has 34 heavy (non-hydrogen) atoms. The fourth-order valence-corrected chi connectivity index (χ4v) is 5.45. The second-order valence-corrected chi connectivity index (χ2v) is 9.74. The summed E-state index contributed by atoms with van der Waals surface area (Å²) >= 11 is 0. The average molecular weight is 453 g/mol. The molecule has 0 radical (unpaired) electrons. The van der Waals surface area contributed by atoms with E-state index < -0.39 is 5.97 Å². The van der Waals surface area contributed by atoms with Crippen molar-refractivity contribution in [3.8, 4) is 11.3 Å². The second kappa shape index (κ2) is 9.02. The first-order chi connectivity index (χ1) is 16.4. The van der Waals surface area contributed by atoms with Gasteiger partial charge >= 0.3 is 5.97 Å². The molecule has 174 valence electrons. The lowest BCUT2D eigenvalue weighted by molar-refractivity contribution is 0.0697. The molecule has 1 aliphatic rings. The Kier molecular flexibility index (Phi) is 5.91. The first-order valence-corrected chi connectivity index (χ1v) is 12.2. The second-order valence-electron chi connectivity index (χ2n) is 9.74. The van der Waals surface area contributed by atoms with E-state index in [4.69, 9.17) is 0 Å². The van der Waals surface area contributed by atoms with E-state index in [-0.39, 0.29) is 0 Å². The zero-order valence-electron chi connectivity index (χ0n) is 20.1. The van der Waals surface area contributed by atoms with E-state index in [9.17, 15) is 9.90 Å². The van der Waals surface area contributed by atoms with Gasteiger partial charge in [-0.15, -0.1) is 0 Å². The molecule has 0 aliphatic heterocycles. The molecule has 5 rings (SSSR count). The van der Waals surface area contributed by atoms with Crippen molar-refractivity contribution in [2.24, 2.45) is 0 Å². The number of hydrogen-bond acceptors (Lipinski definition) is 2. The van der Waals surface area contributed by atoms with Gasteiger partial charge in [-0.3, -0.25) is 0 Å². The molecule has 1 N–H and O–H groups in total. The Labute approximate surface area is 201 Å². The monoisotopic (exact) mass is 452 g/mol. The number of carboxylic acids is 1. The maximum absolute atomic E-state index is 11.9. The van der Waals surface area contributed by atoms with E-state index in [2.05, 4.69) is 53.6 Å². The average Bonchev–Trinajstić information content (AvgIpc) is 3.17. The molecule has 4 nitrogen and oxygen atoms in total. The standard InChI is InChI=1S/C30H32N2O2/c1-20(31(2)3)19-32-27-18-25(30(33)34)15-16-26(27)28(22-10-5-4-6-11-22)29(32)24-14-13-21-9-7-8-12-23(21)17-24/h7-9,12-18,22H,1,4-6,10-11,19H2,2-3H3,(H,33,34). The van der Waals surface area contributed by atoms with E-state index in [0.29, 0.717) is 18.0 Å². The molecule has 1 aliphatic carbocycles. The topological polar surface area (TPSA) is 45.5 Å². The molecule has 1 heterocycles. The summed E-state index contributed by atoms with van der Waals surface area (Å²) in [7, 11) is 4.02. The zero-order valence-corrected chi connectivity index (χ0v) is 20.1. The number of carbonyl (C=O) groups is 1. The van der Waals surface area contributed by atoms with Crippen molar-refractivity contribution in [3.63, 3.8) is 0 Å². The summed E-state index contributed by atoms with van der Waals surface area (Å²) in [5, 5.41) is 13.3. The van der Waals surface area contributed by atoms with Crippen LogP contribution in [0.5, 0.6) is 0 Å². The van der Waals surface area contributed by atoms with Crippen molar-refractivity contribution >= 4 is 27.6 Å². The summed E-state index contributed by atoms with van der Waals surface area (Å²) in [6.45, 7) is 4.92. The fourth-order valence-electron chi connectivity index (χ4n) is 5.45. The van der Waals surface area contributed by atoms with Crippen molar-refractivity contribution in [2.45, 2.75) is 44.6 Å². The number of aromatic nitrogens is 1. The number of carboxylic acid groups (broad SMARTS) is 1. The summed E-state index contributed by atoms with van der Waals surface area (Å²) in [5.41, 5.74) is 6.04. The summed E-state index contributed by atoms with van der Waals surface area (Å²) in [6.07, 6.45) is 6.13. The lowest BCUT2D eigenvalue weighted by Gasteiger charge is -2.24. The van der Waals surface area contributed by atoms with E-state index in [1.54, 1.807) is 6.07 Å². The molecule has 1 saturated carbocycles. The normalized spacial score (nSPS) is 14.5. The van der Waals surface area contributed by atoms with Gasteiger partial charge in [-0.2, -0.15) is 0 Å². The molecule has 3 aromatic carbocycles. The van der Waals surface area contributed by atoms with Crippen LogP contribution in [0.2, 0.25) is 0 Å². The van der Waals surface area contributed by atoms with Crippen LogP contribution >= 0.6 is 0 Å². The van der Waals surface area contributed by atoms with Gasteiger partial charge in [-0.25, -0.2) is 4.79 Å². The Hall–Kier alpha value is -3.53. The minimum atomic E-state index is -0.896. The third-order valence-electron chi connectivity index (χ3n) is 7.36. The minimum Gasteiger partial charge on any atom is -0.478 e. The summed E-state index contributed by atoms with van der Waals surface area (Å²) in [6, 6.07) is 20.8. The number of allylic oxidation sites excluding steroid dienone is 1. The van der Waals surface area contributed by atoms with E-state index in [1.807, 2.05) is 31.1 Å². The van der Waals surface area contributed by atoms with Crippen molar-refractivity contribution in [2.75, 3.05) is 14.1 Å². The van der Waals surface area contributed by atoms with Crippen molar-refractivity contribution in [1.29, 1.82) is 0 Å². The quantitative estimate of drug-likeness (QED) is 0.334. The highest BCUT2D eigenvalue weighted by Crippen LogP contribution is 2.45. The van der Waals surface area contributed by atoms with Gasteiger partial charge in [0.1, 0.15) is 0 Å². The molecule has 0 spiro atoms. The lowest BCUT2D eigenvalue weighted by atomic mass is 9.81. The van der Waals surface area contributed by atoms with Crippen molar-refractivity contribution in [1.82, 2.24) is 9.47 Å². The molecule has 0 atom stereocenters. The largest absolute Gasteiger partial charge is 0.478 e. The van der Waals surface area contributed by atoms with E-state index >= 15 is 0 Å². The van der Waals surface area contributed by atoms with Gasteiger partial charge in [0.15, 0.2) is 0 Å². The van der Waals surface area contributed by atoms with Crippen LogP contribution in [0.4, 0.5) is 0 Å². The molecular weight excluding hydrogens is 420 g/mol. The fraction of sp³-hybridized carbons (Fsp3) is 0.300. The Morgan fingerprint density at radius 3 is 2.44 bits per heavy atom. The van der Waals surface area contributed by atoms with Crippen LogP contribution in [0, 0.1) is 0 Å². The molecule has 0 unspecified atom stereocenters. The van der Waals surface area contributed by atoms with E-state index in [1.165, 1.54) is 65.1 Å². The Morgan fingerprint density at radius 2 is 1.74 bits per heavy atom. The molecule has 4 heteroatoms. The Morgan fingerprint density at radius 1 is 1.00 bits per heavy atom. The van der Waals surface area contributed by atoms with Gasteiger partial charge < -0.3 is 14.6 Å². The molecule has 0 bridgehead atoms. The van der Waals surface area contributed by atoms with Crippen molar-refractivity contribution in [3.05, 3.63) is 84.1 Å². The first kappa shape index (κ1) is 22.3. The highest BCUT2D eigenvalue weighted by Gasteiger charge is 2.27. The van der Waals surface area contributed by atoms with Gasteiger partial charge in [0.25, 0.3) is 0 Å². The summed E-state index contributed by atoms with van der Waals surface area (Å²) in [4.78, 5) is 13.9. The zero-order chi connectivity index (χ0) is 23.8. The SMILES string of the molecule is C=C(Cn1c(-c2ccc3ccccc3c2)c(C2CCCCC2)c2ccc(C(=O)O)cc21)N(C)C. The smallest absolute Gasteiger partial charge is 0.335 e. The maximum Gasteiger partial charge on any atom is 0.335 e. The van der Waals surface area contributed by atoms with Gasteiger partial charge in [0.05, 0.1) is 23.3 Å².